The molecule has 0 aliphatic heterocycles. The first-order valence-corrected chi connectivity index (χ1v) is 11.0. The standard InChI is InChI=1S/C29H20N4O/c30-23-13-5-6-14-25(23)32-31-24-17-18-28(20-10-2-1-9-19(20)24)33-26-15-7-3-11-21(26)29(34)22-12-4-8-16-27(22)33/h1-18H,30H2. The van der Waals surface area contributed by atoms with Gasteiger partial charge < -0.3 is 10.3 Å². The van der Waals surface area contributed by atoms with Crippen LogP contribution in [0, 0.1) is 0 Å². The average molecular weight is 441 g/mol. The molecule has 1 aromatic heterocycles. The van der Waals surface area contributed by atoms with Crippen molar-refractivity contribution in [1.29, 1.82) is 0 Å². The van der Waals surface area contributed by atoms with Gasteiger partial charge in [-0.05, 0) is 48.5 Å². The maximum atomic E-state index is 13.2. The first-order valence-electron chi connectivity index (χ1n) is 11.0. The van der Waals surface area contributed by atoms with Crippen LogP contribution in [-0.2, 0) is 0 Å². The number of azo groups is 1. The number of nitrogen functional groups attached to an aromatic ring is 1. The highest BCUT2D eigenvalue weighted by molar-refractivity contribution is 6.02. The molecule has 0 radical (unpaired) electrons. The third-order valence-electron chi connectivity index (χ3n) is 6.10. The lowest BCUT2D eigenvalue weighted by atomic mass is 10.0. The van der Waals surface area contributed by atoms with Gasteiger partial charge in [0.15, 0.2) is 5.43 Å². The van der Waals surface area contributed by atoms with E-state index in [2.05, 4.69) is 20.9 Å². The van der Waals surface area contributed by atoms with E-state index >= 15 is 0 Å². The van der Waals surface area contributed by atoms with E-state index in [1.165, 1.54) is 0 Å². The highest BCUT2D eigenvalue weighted by Crippen LogP contribution is 2.35. The van der Waals surface area contributed by atoms with E-state index in [0.717, 1.165) is 33.2 Å². The van der Waals surface area contributed by atoms with Crippen LogP contribution in [0.2, 0.25) is 0 Å². The summed E-state index contributed by atoms with van der Waals surface area (Å²) in [5.74, 6) is 0. The Morgan fingerprint density at radius 3 is 1.74 bits per heavy atom. The van der Waals surface area contributed by atoms with Crippen molar-refractivity contribution in [3.05, 3.63) is 119 Å². The summed E-state index contributed by atoms with van der Waals surface area (Å²) in [5.41, 5.74) is 10.7. The number of benzene rings is 5. The van der Waals surface area contributed by atoms with Crippen LogP contribution in [0.4, 0.5) is 17.1 Å². The monoisotopic (exact) mass is 440 g/mol. The fourth-order valence-corrected chi connectivity index (χ4v) is 4.49. The van der Waals surface area contributed by atoms with Gasteiger partial charge in [0.1, 0.15) is 5.69 Å². The van der Waals surface area contributed by atoms with Crippen molar-refractivity contribution in [3.63, 3.8) is 0 Å². The van der Waals surface area contributed by atoms with Crippen LogP contribution in [-0.4, -0.2) is 4.57 Å². The molecule has 0 aliphatic carbocycles. The second kappa shape index (κ2) is 7.98. The number of hydrogen-bond acceptors (Lipinski definition) is 4. The smallest absolute Gasteiger partial charge is 0.197 e. The van der Waals surface area contributed by atoms with Gasteiger partial charge in [0.2, 0.25) is 0 Å². The Labute approximate surface area is 195 Å². The minimum atomic E-state index is 0.0395. The topological polar surface area (TPSA) is 72.7 Å². The summed E-state index contributed by atoms with van der Waals surface area (Å²) in [7, 11) is 0. The number of nitrogens with two attached hydrogens (primary N) is 1. The molecule has 5 heteroatoms. The van der Waals surface area contributed by atoms with Gasteiger partial charge in [-0.2, -0.15) is 0 Å². The Balaban J connectivity index is 1.65. The lowest BCUT2D eigenvalue weighted by molar-refractivity contribution is 1.17. The van der Waals surface area contributed by atoms with Crippen molar-refractivity contribution in [1.82, 2.24) is 4.57 Å². The lowest BCUT2D eigenvalue weighted by Gasteiger charge is -2.18. The number of fused-ring (bicyclic) bond motifs is 3. The molecule has 0 spiro atoms. The number of nitrogens with zero attached hydrogens (tertiary/aromatic N) is 3. The zero-order valence-electron chi connectivity index (χ0n) is 18.2. The summed E-state index contributed by atoms with van der Waals surface area (Å²) < 4.78 is 2.16. The summed E-state index contributed by atoms with van der Waals surface area (Å²) in [4.78, 5) is 13.2. The molecule has 0 unspecified atom stereocenters. The molecule has 6 aromatic rings. The second-order valence-electron chi connectivity index (χ2n) is 8.11. The number of para-hydroxylation sites is 3. The number of anilines is 1. The van der Waals surface area contributed by atoms with Gasteiger partial charge in [-0.3, -0.25) is 4.79 Å². The van der Waals surface area contributed by atoms with Crippen LogP contribution < -0.4 is 11.2 Å². The van der Waals surface area contributed by atoms with E-state index in [1.807, 2.05) is 103 Å². The predicted molar refractivity (Wildman–Crippen MR) is 140 cm³/mol. The zero-order valence-corrected chi connectivity index (χ0v) is 18.2. The van der Waals surface area contributed by atoms with Crippen molar-refractivity contribution in [2.24, 2.45) is 10.2 Å². The first kappa shape index (κ1) is 19.9. The Kier molecular flexibility index (Phi) is 4.66. The molecular weight excluding hydrogens is 420 g/mol. The predicted octanol–water partition coefficient (Wildman–Crippen LogP) is 7.29. The van der Waals surface area contributed by atoms with Crippen LogP contribution in [0.15, 0.2) is 124 Å². The van der Waals surface area contributed by atoms with Gasteiger partial charge in [0, 0.05) is 21.5 Å². The van der Waals surface area contributed by atoms with Crippen molar-refractivity contribution in [2.45, 2.75) is 0 Å². The van der Waals surface area contributed by atoms with Crippen LogP contribution in [0.5, 0.6) is 0 Å². The summed E-state index contributed by atoms with van der Waals surface area (Å²) >= 11 is 0. The number of pyridine rings is 1. The van der Waals surface area contributed by atoms with Gasteiger partial charge in [0.05, 0.1) is 28.1 Å². The molecule has 0 amide bonds. The molecule has 0 aliphatic rings. The number of aromatic nitrogens is 1. The second-order valence-corrected chi connectivity index (χ2v) is 8.11. The fourth-order valence-electron chi connectivity index (χ4n) is 4.49. The van der Waals surface area contributed by atoms with Crippen molar-refractivity contribution in [2.75, 3.05) is 5.73 Å². The Bertz CT molecular complexity index is 1740. The summed E-state index contributed by atoms with van der Waals surface area (Å²) in [6.07, 6.45) is 0. The molecule has 5 nitrogen and oxygen atoms in total. The minimum Gasteiger partial charge on any atom is -0.397 e. The quantitative estimate of drug-likeness (QED) is 0.178. The van der Waals surface area contributed by atoms with E-state index in [1.54, 1.807) is 0 Å². The molecule has 0 saturated carbocycles. The van der Waals surface area contributed by atoms with E-state index in [-0.39, 0.29) is 5.43 Å². The molecular formula is C29H20N4O. The first-order chi connectivity index (χ1) is 16.7. The Morgan fingerprint density at radius 1 is 0.529 bits per heavy atom. The van der Waals surface area contributed by atoms with E-state index in [4.69, 9.17) is 5.73 Å². The van der Waals surface area contributed by atoms with Crippen molar-refractivity contribution in [3.8, 4) is 5.69 Å². The molecule has 5 aromatic carbocycles. The Morgan fingerprint density at radius 2 is 1.06 bits per heavy atom. The highest BCUT2D eigenvalue weighted by atomic mass is 16.1. The summed E-state index contributed by atoms with van der Waals surface area (Å²) in [6, 6.07) is 35.0. The van der Waals surface area contributed by atoms with Crippen LogP contribution >= 0.6 is 0 Å². The van der Waals surface area contributed by atoms with Crippen LogP contribution in [0.1, 0.15) is 0 Å². The SMILES string of the molecule is Nc1ccccc1N=Nc1ccc(-n2c3ccccc3c(=O)c3ccccc32)c2ccccc12. The molecule has 0 atom stereocenters. The molecule has 0 bridgehead atoms. The molecule has 34 heavy (non-hydrogen) atoms. The molecule has 162 valence electrons. The summed E-state index contributed by atoms with van der Waals surface area (Å²) in [6.45, 7) is 0. The van der Waals surface area contributed by atoms with Gasteiger partial charge in [-0.15, -0.1) is 10.2 Å². The van der Waals surface area contributed by atoms with Gasteiger partial charge in [0.25, 0.3) is 0 Å². The summed E-state index contributed by atoms with van der Waals surface area (Å²) in [5, 5.41) is 12.3. The van der Waals surface area contributed by atoms with Crippen molar-refractivity contribution >= 4 is 49.6 Å². The van der Waals surface area contributed by atoms with Crippen LogP contribution in [0.3, 0.4) is 0 Å². The van der Waals surface area contributed by atoms with E-state index < -0.39 is 0 Å². The third-order valence-corrected chi connectivity index (χ3v) is 6.10. The molecule has 2 N–H and O–H groups in total. The minimum absolute atomic E-state index is 0.0395. The van der Waals surface area contributed by atoms with Crippen LogP contribution in [0.25, 0.3) is 38.3 Å². The highest BCUT2D eigenvalue weighted by Gasteiger charge is 2.14. The zero-order chi connectivity index (χ0) is 23.1. The van der Waals surface area contributed by atoms with Gasteiger partial charge >= 0.3 is 0 Å². The fraction of sp³-hybridized carbons (Fsp3) is 0. The van der Waals surface area contributed by atoms with E-state index in [0.29, 0.717) is 22.1 Å². The maximum absolute atomic E-state index is 13.2. The lowest BCUT2D eigenvalue weighted by Crippen LogP contribution is -2.10. The van der Waals surface area contributed by atoms with Gasteiger partial charge in [-0.25, -0.2) is 0 Å². The number of hydrogen-bond donors (Lipinski definition) is 1. The Hall–Kier alpha value is -4.77. The van der Waals surface area contributed by atoms with Crippen molar-refractivity contribution < 1.29 is 0 Å². The number of rotatable bonds is 3. The molecule has 6 rings (SSSR count). The van der Waals surface area contributed by atoms with E-state index in [9.17, 15) is 4.79 Å². The average Bonchev–Trinajstić information content (AvgIpc) is 2.89. The molecule has 0 fully saturated rings. The molecule has 0 saturated heterocycles. The van der Waals surface area contributed by atoms with Gasteiger partial charge in [-0.1, -0.05) is 60.7 Å². The molecule has 1 heterocycles. The third kappa shape index (κ3) is 3.14. The normalized spacial score (nSPS) is 11.6. The maximum Gasteiger partial charge on any atom is 0.197 e. The largest absolute Gasteiger partial charge is 0.397 e.